The van der Waals surface area contributed by atoms with E-state index in [1.165, 1.54) is 0 Å². The van der Waals surface area contributed by atoms with Gasteiger partial charge in [-0.2, -0.15) is 4.68 Å². The highest BCUT2D eigenvalue weighted by atomic mass is 16.5. The van der Waals surface area contributed by atoms with Gasteiger partial charge < -0.3 is 14.5 Å². The van der Waals surface area contributed by atoms with E-state index in [0.29, 0.717) is 30.2 Å². The number of carbonyl (C=O) groups is 1. The van der Waals surface area contributed by atoms with Crippen LogP contribution in [0.1, 0.15) is 12.8 Å². The molecule has 0 unspecified atom stereocenters. The number of hydrogen-bond acceptors (Lipinski definition) is 7. The summed E-state index contributed by atoms with van der Waals surface area (Å²) in [5, 5.41) is 8.62. The van der Waals surface area contributed by atoms with Gasteiger partial charge in [-0.25, -0.2) is 9.97 Å². The Morgan fingerprint density at radius 3 is 2.50 bits per heavy atom. The minimum Gasteiger partial charge on any atom is -0.497 e. The number of hydrogen-bond donors (Lipinski definition) is 0. The van der Waals surface area contributed by atoms with Gasteiger partial charge in [-0.05, 0) is 37.1 Å². The molecule has 1 aromatic carbocycles. The highest BCUT2D eigenvalue weighted by Gasteiger charge is 2.35. The first kappa shape index (κ1) is 16.9. The molecule has 9 nitrogen and oxygen atoms in total. The van der Waals surface area contributed by atoms with Crippen LogP contribution < -0.4 is 9.64 Å². The van der Waals surface area contributed by atoms with Crippen molar-refractivity contribution in [2.75, 3.05) is 38.2 Å². The SMILES string of the molecule is COc1ccc(-n2nnc3c(N4CCN(C(=O)C5CC5)CC4)ncnc32)cc1. The van der Waals surface area contributed by atoms with Gasteiger partial charge >= 0.3 is 0 Å². The van der Waals surface area contributed by atoms with E-state index in [-0.39, 0.29) is 5.92 Å². The zero-order valence-corrected chi connectivity index (χ0v) is 15.7. The van der Waals surface area contributed by atoms with Crippen LogP contribution >= 0.6 is 0 Å². The average Bonchev–Trinajstić information content (AvgIpc) is 3.52. The Hall–Kier alpha value is -3.23. The first-order chi connectivity index (χ1) is 13.7. The number of anilines is 1. The summed E-state index contributed by atoms with van der Waals surface area (Å²) >= 11 is 0. The number of fused-ring (bicyclic) bond motifs is 1. The van der Waals surface area contributed by atoms with Crippen LogP contribution in [-0.2, 0) is 4.79 Å². The standard InChI is InChI=1S/C19H21N7O2/c1-28-15-6-4-14(5-7-15)26-18-16(22-23-26)17(20-12-21-18)24-8-10-25(11-9-24)19(27)13-2-3-13/h4-7,12-13H,2-3,8-11H2,1H3. The molecular formula is C19H21N7O2. The molecule has 2 aromatic heterocycles. The van der Waals surface area contributed by atoms with Crippen LogP contribution in [0.15, 0.2) is 30.6 Å². The van der Waals surface area contributed by atoms with Crippen LogP contribution in [0.4, 0.5) is 5.82 Å². The molecular weight excluding hydrogens is 358 g/mol. The van der Waals surface area contributed by atoms with E-state index in [1.807, 2.05) is 29.2 Å². The summed E-state index contributed by atoms with van der Waals surface area (Å²) in [4.78, 5) is 25.3. The number of amides is 1. The second-order valence-corrected chi connectivity index (χ2v) is 7.16. The quantitative estimate of drug-likeness (QED) is 0.674. The monoisotopic (exact) mass is 379 g/mol. The molecule has 1 aliphatic heterocycles. The van der Waals surface area contributed by atoms with E-state index >= 15 is 0 Å². The second kappa shape index (κ2) is 6.74. The van der Waals surface area contributed by atoms with Gasteiger partial charge in [-0.3, -0.25) is 4.79 Å². The van der Waals surface area contributed by atoms with Crippen molar-refractivity contribution >= 4 is 22.9 Å². The highest BCUT2D eigenvalue weighted by Crippen LogP contribution is 2.32. The number of piperazine rings is 1. The lowest BCUT2D eigenvalue weighted by Gasteiger charge is -2.35. The third kappa shape index (κ3) is 2.92. The van der Waals surface area contributed by atoms with Crippen molar-refractivity contribution < 1.29 is 9.53 Å². The number of carbonyl (C=O) groups excluding carboxylic acids is 1. The highest BCUT2D eigenvalue weighted by molar-refractivity contribution is 5.84. The lowest BCUT2D eigenvalue weighted by Crippen LogP contribution is -2.49. The van der Waals surface area contributed by atoms with Crippen molar-refractivity contribution in [3.05, 3.63) is 30.6 Å². The maximum Gasteiger partial charge on any atom is 0.225 e. The van der Waals surface area contributed by atoms with E-state index in [2.05, 4.69) is 25.2 Å². The van der Waals surface area contributed by atoms with E-state index in [1.54, 1.807) is 18.1 Å². The normalized spacial score (nSPS) is 17.2. The van der Waals surface area contributed by atoms with Crippen molar-refractivity contribution in [2.24, 2.45) is 5.92 Å². The molecule has 144 valence electrons. The Balaban J connectivity index is 1.40. The molecule has 9 heteroatoms. The average molecular weight is 379 g/mol. The van der Waals surface area contributed by atoms with E-state index in [9.17, 15) is 4.79 Å². The molecule has 0 spiro atoms. The van der Waals surface area contributed by atoms with E-state index in [4.69, 9.17) is 4.74 Å². The van der Waals surface area contributed by atoms with Crippen LogP contribution in [0, 0.1) is 5.92 Å². The van der Waals surface area contributed by atoms with Gasteiger partial charge in [-0.1, -0.05) is 5.21 Å². The number of nitrogens with zero attached hydrogens (tertiary/aromatic N) is 7. The van der Waals surface area contributed by atoms with Gasteiger partial charge in [0.2, 0.25) is 5.91 Å². The maximum atomic E-state index is 12.3. The molecule has 5 rings (SSSR count). The zero-order chi connectivity index (χ0) is 19.1. The van der Waals surface area contributed by atoms with Crippen molar-refractivity contribution in [1.82, 2.24) is 29.9 Å². The Morgan fingerprint density at radius 2 is 1.82 bits per heavy atom. The van der Waals surface area contributed by atoms with Gasteiger partial charge in [0, 0.05) is 32.1 Å². The van der Waals surface area contributed by atoms with Gasteiger partial charge in [0.25, 0.3) is 0 Å². The molecule has 0 N–H and O–H groups in total. The van der Waals surface area contributed by atoms with E-state index in [0.717, 1.165) is 43.2 Å². The second-order valence-electron chi connectivity index (χ2n) is 7.16. The molecule has 28 heavy (non-hydrogen) atoms. The molecule has 3 aromatic rings. The third-order valence-electron chi connectivity index (χ3n) is 5.35. The molecule has 0 atom stereocenters. The summed E-state index contributed by atoms with van der Waals surface area (Å²) in [6.07, 6.45) is 3.63. The Labute approximate surface area is 161 Å². The minimum atomic E-state index is 0.265. The number of rotatable bonds is 4. The Kier molecular flexibility index (Phi) is 4.07. The molecule has 1 saturated heterocycles. The zero-order valence-electron chi connectivity index (χ0n) is 15.7. The predicted octanol–water partition coefficient (Wildman–Crippen LogP) is 1.28. The smallest absolute Gasteiger partial charge is 0.225 e. The minimum absolute atomic E-state index is 0.265. The van der Waals surface area contributed by atoms with Crippen molar-refractivity contribution in [3.8, 4) is 11.4 Å². The summed E-state index contributed by atoms with van der Waals surface area (Å²) < 4.78 is 6.91. The molecule has 3 heterocycles. The molecule has 1 saturated carbocycles. The first-order valence-corrected chi connectivity index (χ1v) is 9.49. The van der Waals surface area contributed by atoms with Gasteiger partial charge in [-0.15, -0.1) is 5.10 Å². The van der Waals surface area contributed by atoms with Crippen molar-refractivity contribution in [1.29, 1.82) is 0 Å². The summed E-state index contributed by atoms with van der Waals surface area (Å²) in [7, 11) is 1.64. The largest absolute Gasteiger partial charge is 0.497 e. The van der Waals surface area contributed by atoms with Crippen molar-refractivity contribution in [2.45, 2.75) is 12.8 Å². The Bertz CT molecular complexity index is 1000. The fourth-order valence-electron chi connectivity index (χ4n) is 3.59. The van der Waals surface area contributed by atoms with Gasteiger partial charge in [0.1, 0.15) is 12.1 Å². The van der Waals surface area contributed by atoms with Crippen LogP contribution in [0.25, 0.3) is 16.9 Å². The third-order valence-corrected chi connectivity index (χ3v) is 5.35. The van der Waals surface area contributed by atoms with Crippen molar-refractivity contribution in [3.63, 3.8) is 0 Å². The summed E-state index contributed by atoms with van der Waals surface area (Å²) in [5.74, 6) is 2.12. The summed E-state index contributed by atoms with van der Waals surface area (Å²) in [5.41, 5.74) is 2.18. The van der Waals surface area contributed by atoms with E-state index < -0.39 is 0 Å². The fourth-order valence-corrected chi connectivity index (χ4v) is 3.59. The Morgan fingerprint density at radius 1 is 1.07 bits per heavy atom. The number of ether oxygens (including phenoxy) is 1. The molecule has 2 fully saturated rings. The molecule has 0 bridgehead atoms. The predicted molar refractivity (Wildman–Crippen MR) is 103 cm³/mol. The van der Waals surface area contributed by atoms with Crippen LogP contribution in [0.3, 0.4) is 0 Å². The number of methoxy groups -OCH3 is 1. The fraction of sp³-hybridized carbons (Fsp3) is 0.421. The lowest BCUT2D eigenvalue weighted by molar-refractivity contribution is -0.132. The summed E-state index contributed by atoms with van der Waals surface area (Å²) in [6.45, 7) is 2.90. The first-order valence-electron chi connectivity index (χ1n) is 9.49. The van der Waals surface area contributed by atoms with Gasteiger partial charge in [0.05, 0.1) is 12.8 Å². The lowest BCUT2D eigenvalue weighted by atomic mass is 10.2. The van der Waals surface area contributed by atoms with Gasteiger partial charge in [0.15, 0.2) is 17.0 Å². The number of aromatic nitrogens is 5. The van der Waals surface area contributed by atoms with Crippen LogP contribution in [0.5, 0.6) is 5.75 Å². The topological polar surface area (TPSA) is 89.3 Å². The van der Waals surface area contributed by atoms with Crippen LogP contribution in [0.2, 0.25) is 0 Å². The molecule has 1 amide bonds. The molecule has 0 radical (unpaired) electrons. The number of benzene rings is 1. The molecule has 2 aliphatic rings. The summed E-state index contributed by atoms with van der Waals surface area (Å²) in [6, 6.07) is 7.58. The molecule has 1 aliphatic carbocycles. The van der Waals surface area contributed by atoms with Crippen LogP contribution in [-0.4, -0.2) is 69.1 Å². The maximum absolute atomic E-state index is 12.3.